The van der Waals surface area contributed by atoms with Gasteiger partial charge in [0.05, 0.1) is 6.10 Å². The van der Waals surface area contributed by atoms with Crippen molar-refractivity contribution in [3.8, 4) is 0 Å². The van der Waals surface area contributed by atoms with Gasteiger partial charge in [-0.2, -0.15) is 0 Å². The molecule has 2 aliphatic rings. The van der Waals surface area contributed by atoms with Crippen molar-refractivity contribution in [1.29, 1.82) is 0 Å². The quantitative estimate of drug-likeness (QED) is 0.764. The number of nitrogens with two attached hydrogens (primary N) is 1. The fourth-order valence-electron chi connectivity index (χ4n) is 3.58. The largest absolute Gasteiger partial charge is 0.380 e. The monoisotopic (exact) mass is 240 g/mol. The summed E-state index contributed by atoms with van der Waals surface area (Å²) in [7, 11) is 1.83. The summed E-state index contributed by atoms with van der Waals surface area (Å²) < 4.78 is 5.47. The number of hydrogen-bond acceptors (Lipinski definition) is 3. The summed E-state index contributed by atoms with van der Waals surface area (Å²) in [6, 6.07) is 0.605. The van der Waals surface area contributed by atoms with Gasteiger partial charge in [0.1, 0.15) is 0 Å². The lowest BCUT2D eigenvalue weighted by Crippen LogP contribution is -2.44. The number of ether oxygens (including phenoxy) is 1. The van der Waals surface area contributed by atoms with Crippen molar-refractivity contribution in [2.24, 2.45) is 11.7 Å². The van der Waals surface area contributed by atoms with Crippen molar-refractivity contribution in [2.45, 2.75) is 57.1 Å². The summed E-state index contributed by atoms with van der Waals surface area (Å²) in [4.78, 5) is 2.59. The molecule has 1 saturated carbocycles. The molecule has 0 aromatic heterocycles. The van der Waals surface area contributed by atoms with Crippen LogP contribution in [0.4, 0.5) is 0 Å². The number of likely N-dealkylation sites (tertiary alicyclic amines) is 1. The van der Waals surface area contributed by atoms with Crippen molar-refractivity contribution in [2.75, 3.05) is 26.7 Å². The predicted octanol–water partition coefficient (Wildman–Crippen LogP) is 2.00. The third-order valence-corrected chi connectivity index (χ3v) is 4.66. The van der Waals surface area contributed by atoms with Crippen LogP contribution < -0.4 is 5.73 Å². The van der Waals surface area contributed by atoms with Gasteiger partial charge in [0.2, 0.25) is 0 Å². The van der Waals surface area contributed by atoms with Gasteiger partial charge in [-0.05, 0) is 25.2 Å². The molecule has 1 saturated heterocycles. The van der Waals surface area contributed by atoms with Crippen LogP contribution in [0.1, 0.15) is 44.9 Å². The highest BCUT2D eigenvalue weighted by molar-refractivity contribution is 4.87. The van der Waals surface area contributed by atoms with E-state index in [-0.39, 0.29) is 0 Å². The molecule has 1 aliphatic heterocycles. The first-order valence-corrected chi connectivity index (χ1v) is 7.32. The van der Waals surface area contributed by atoms with E-state index >= 15 is 0 Å². The van der Waals surface area contributed by atoms with E-state index in [0.717, 1.165) is 19.0 Å². The zero-order chi connectivity index (χ0) is 12.1. The summed E-state index contributed by atoms with van der Waals surface area (Å²) in [6.45, 7) is 3.09. The van der Waals surface area contributed by atoms with Crippen LogP contribution in [0.3, 0.4) is 0 Å². The maximum atomic E-state index is 6.04. The average Bonchev–Trinajstić information content (AvgIpc) is 2.66. The molecule has 2 N–H and O–H groups in total. The minimum Gasteiger partial charge on any atom is -0.380 e. The molecule has 3 nitrogen and oxygen atoms in total. The average molecular weight is 240 g/mol. The Morgan fingerprint density at radius 3 is 2.41 bits per heavy atom. The zero-order valence-electron chi connectivity index (χ0n) is 11.2. The van der Waals surface area contributed by atoms with Crippen LogP contribution >= 0.6 is 0 Å². The van der Waals surface area contributed by atoms with Crippen LogP contribution in [0.25, 0.3) is 0 Å². The molecule has 0 bridgehead atoms. The number of hydrogen-bond donors (Lipinski definition) is 1. The van der Waals surface area contributed by atoms with Crippen molar-refractivity contribution in [1.82, 2.24) is 4.90 Å². The molecule has 100 valence electrons. The summed E-state index contributed by atoms with van der Waals surface area (Å²) in [5.41, 5.74) is 6.04. The molecule has 0 spiro atoms. The zero-order valence-corrected chi connectivity index (χ0v) is 11.2. The maximum Gasteiger partial charge on any atom is 0.0710 e. The second kappa shape index (κ2) is 6.72. The molecule has 3 heteroatoms. The molecule has 0 amide bonds. The molecule has 2 fully saturated rings. The Labute approximate surface area is 106 Å². The lowest BCUT2D eigenvalue weighted by atomic mass is 9.91. The number of methoxy groups -OCH3 is 1. The Balaban J connectivity index is 1.90. The van der Waals surface area contributed by atoms with Crippen molar-refractivity contribution in [3.63, 3.8) is 0 Å². The second-order valence-corrected chi connectivity index (χ2v) is 5.70. The van der Waals surface area contributed by atoms with E-state index in [0.29, 0.717) is 12.1 Å². The molecule has 1 heterocycles. The minimum atomic E-state index is 0.440. The number of rotatable bonds is 4. The van der Waals surface area contributed by atoms with E-state index < -0.39 is 0 Å². The van der Waals surface area contributed by atoms with Crippen molar-refractivity contribution >= 4 is 0 Å². The van der Waals surface area contributed by atoms with Crippen LogP contribution in [0.5, 0.6) is 0 Å². The lowest BCUT2D eigenvalue weighted by Gasteiger charge is -2.33. The van der Waals surface area contributed by atoms with Gasteiger partial charge in [0, 0.05) is 32.8 Å². The van der Waals surface area contributed by atoms with Gasteiger partial charge < -0.3 is 10.5 Å². The highest BCUT2D eigenvalue weighted by Crippen LogP contribution is 2.29. The van der Waals surface area contributed by atoms with E-state index in [4.69, 9.17) is 10.5 Å². The molecule has 2 atom stereocenters. The summed E-state index contributed by atoms with van der Waals surface area (Å²) in [6.07, 6.45) is 10.1. The fourth-order valence-corrected chi connectivity index (χ4v) is 3.58. The highest BCUT2D eigenvalue weighted by Gasteiger charge is 2.32. The topological polar surface area (TPSA) is 38.5 Å². The predicted molar refractivity (Wildman–Crippen MR) is 71.0 cm³/mol. The molecule has 0 radical (unpaired) electrons. The van der Waals surface area contributed by atoms with Crippen LogP contribution in [0.2, 0.25) is 0 Å². The molecule has 2 rings (SSSR count). The van der Waals surface area contributed by atoms with Gasteiger partial charge in [0.15, 0.2) is 0 Å². The molecule has 0 aromatic carbocycles. The highest BCUT2D eigenvalue weighted by atomic mass is 16.5. The summed E-state index contributed by atoms with van der Waals surface area (Å²) in [5.74, 6) is 0.832. The third kappa shape index (κ3) is 3.43. The lowest BCUT2D eigenvalue weighted by molar-refractivity contribution is 0.0908. The third-order valence-electron chi connectivity index (χ3n) is 4.66. The smallest absolute Gasteiger partial charge is 0.0710 e. The first kappa shape index (κ1) is 13.3. The van der Waals surface area contributed by atoms with Crippen LogP contribution in [-0.2, 0) is 4.74 Å². The Morgan fingerprint density at radius 2 is 1.88 bits per heavy atom. The van der Waals surface area contributed by atoms with Gasteiger partial charge in [-0.25, -0.2) is 0 Å². The van der Waals surface area contributed by atoms with Gasteiger partial charge in [-0.1, -0.05) is 25.7 Å². The Kier molecular flexibility index (Phi) is 5.26. The normalized spacial score (nSPS) is 30.4. The van der Waals surface area contributed by atoms with Crippen LogP contribution in [0.15, 0.2) is 0 Å². The maximum absolute atomic E-state index is 6.04. The van der Waals surface area contributed by atoms with E-state index in [1.165, 1.54) is 51.5 Å². The Bertz CT molecular complexity index is 214. The standard InChI is InChI=1S/C14H28N2O/c1-17-13-8-9-16(11-13)14(10-15)12-6-4-2-3-5-7-12/h12-14H,2-11,15H2,1H3. The number of nitrogens with zero attached hydrogens (tertiary/aromatic N) is 1. The first-order chi connectivity index (χ1) is 8.35. The SMILES string of the molecule is COC1CCN(C(CN)C2CCCCCC2)C1. The molecular weight excluding hydrogens is 212 g/mol. The van der Waals surface area contributed by atoms with Gasteiger partial charge in [-0.3, -0.25) is 4.90 Å². The molecule has 17 heavy (non-hydrogen) atoms. The second-order valence-electron chi connectivity index (χ2n) is 5.70. The van der Waals surface area contributed by atoms with E-state index in [1.807, 2.05) is 7.11 Å². The fraction of sp³-hybridized carbons (Fsp3) is 1.00. The Hall–Kier alpha value is -0.120. The Morgan fingerprint density at radius 1 is 1.18 bits per heavy atom. The van der Waals surface area contributed by atoms with Crippen LogP contribution in [-0.4, -0.2) is 43.8 Å². The van der Waals surface area contributed by atoms with Gasteiger partial charge in [0.25, 0.3) is 0 Å². The molecule has 1 aliphatic carbocycles. The summed E-state index contributed by atoms with van der Waals surface area (Å²) in [5, 5.41) is 0. The summed E-state index contributed by atoms with van der Waals surface area (Å²) >= 11 is 0. The van der Waals surface area contributed by atoms with E-state index in [9.17, 15) is 0 Å². The first-order valence-electron chi connectivity index (χ1n) is 7.32. The molecule has 2 unspecified atom stereocenters. The van der Waals surface area contributed by atoms with Crippen LogP contribution in [0, 0.1) is 5.92 Å². The van der Waals surface area contributed by atoms with E-state index in [2.05, 4.69) is 4.90 Å². The van der Waals surface area contributed by atoms with Gasteiger partial charge >= 0.3 is 0 Å². The van der Waals surface area contributed by atoms with Crippen molar-refractivity contribution in [3.05, 3.63) is 0 Å². The van der Waals surface area contributed by atoms with Crippen molar-refractivity contribution < 1.29 is 4.74 Å². The molecule has 0 aromatic rings. The van der Waals surface area contributed by atoms with E-state index in [1.54, 1.807) is 0 Å². The minimum absolute atomic E-state index is 0.440. The van der Waals surface area contributed by atoms with Gasteiger partial charge in [-0.15, -0.1) is 0 Å². The molecular formula is C14H28N2O.